The van der Waals surface area contributed by atoms with Crippen LogP contribution in [0.25, 0.3) is 37.2 Å². The van der Waals surface area contributed by atoms with Gasteiger partial charge in [0.2, 0.25) is 0 Å². The van der Waals surface area contributed by atoms with Gasteiger partial charge in [0, 0.05) is 54.6 Å². The smallest absolute Gasteiger partial charge is 0.354 e. The van der Waals surface area contributed by atoms with Gasteiger partial charge in [-0.3, -0.25) is 10.2 Å². The number of fused-ring (bicyclic) bond motifs is 2. The first-order valence-electron chi connectivity index (χ1n) is 14.9. The molecule has 1 amide bonds. The van der Waals surface area contributed by atoms with Crippen molar-refractivity contribution in [3.05, 3.63) is 130 Å². The second kappa shape index (κ2) is 12.7. The van der Waals surface area contributed by atoms with Gasteiger partial charge in [0.05, 0.1) is 11.1 Å². The fourth-order valence-electron chi connectivity index (χ4n) is 5.66. The van der Waals surface area contributed by atoms with E-state index in [1.807, 2.05) is 48.5 Å². The van der Waals surface area contributed by atoms with Crippen LogP contribution in [-0.2, 0) is 16.0 Å². The minimum absolute atomic E-state index is 0.260. The fraction of sp³-hybridized carbons (Fsp3) is 0.0811. The summed E-state index contributed by atoms with van der Waals surface area (Å²) in [5.74, 6) is -2.18. The van der Waals surface area contributed by atoms with Gasteiger partial charge in [-0.05, 0) is 85.1 Å². The molecule has 0 fully saturated rings. The number of thiophene rings is 2. The summed E-state index contributed by atoms with van der Waals surface area (Å²) in [6.07, 6.45) is 3.39. The topological polar surface area (TPSA) is 124 Å². The molecule has 0 unspecified atom stereocenters. The molecule has 232 valence electrons. The Hall–Kier alpha value is -5.58. The summed E-state index contributed by atoms with van der Waals surface area (Å²) < 4.78 is 5.88. The van der Waals surface area contributed by atoms with E-state index in [1.165, 1.54) is 34.3 Å². The lowest BCUT2D eigenvalue weighted by Gasteiger charge is -2.31. The molecule has 1 aliphatic heterocycles. The molecular formula is C37H27N3O5S2. The van der Waals surface area contributed by atoms with E-state index in [1.54, 1.807) is 36.4 Å². The van der Waals surface area contributed by atoms with Crippen LogP contribution in [0.4, 0.5) is 17.1 Å². The summed E-state index contributed by atoms with van der Waals surface area (Å²) in [4.78, 5) is 43.3. The summed E-state index contributed by atoms with van der Waals surface area (Å²) in [7, 11) is 0. The normalized spacial score (nSPS) is 12.9. The molecular weight excluding hydrogens is 631 g/mol. The number of anilines is 3. The van der Waals surface area contributed by atoms with Gasteiger partial charge < -0.3 is 19.7 Å². The van der Waals surface area contributed by atoms with Crippen molar-refractivity contribution in [3.8, 4) is 20.2 Å². The number of carboxylic acids is 1. The number of hydrogen-bond donors (Lipinski definition) is 3. The Morgan fingerprint density at radius 1 is 0.872 bits per heavy atom. The summed E-state index contributed by atoms with van der Waals surface area (Å²) in [5.41, 5.74) is 3.43. The lowest BCUT2D eigenvalue weighted by atomic mass is 9.98. The Labute approximate surface area is 277 Å². The zero-order valence-electron chi connectivity index (χ0n) is 24.9. The highest BCUT2D eigenvalue weighted by Crippen LogP contribution is 2.40. The van der Waals surface area contributed by atoms with E-state index >= 15 is 0 Å². The van der Waals surface area contributed by atoms with Gasteiger partial charge in [-0.1, -0.05) is 36.4 Å². The van der Waals surface area contributed by atoms with Crippen molar-refractivity contribution in [2.45, 2.75) is 12.8 Å². The lowest BCUT2D eigenvalue weighted by Crippen LogP contribution is -2.25. The lowest BCUT2D eigenvalue weighted by molar-refractivity contribution is -0.129. The van der Waals surface area contributed by atoms with Crippen molar-refractivity contribution in [3.63, 3.8) is 0 Å². The largest absolute Gasteiger partial charge is 0.477 e. The number of benzene rings is 3. The van der Waals surface area contributed by atoms with E-state index < -0.39 is 23.2 Å². The van der Waals surface area contributed by atoms with Crippen molar-refractivity contribution in [2.75, 3.05) is 16.8 Å². The predicted molar refractivity (Wildman–Crippen MR) is 189 cm³/mol. The maximum atomic E-state index is 13.3. The van der Waals surface area contributed by atoms with Gasteiger partial charge in [0.25, 0.3) is 5.91 Å². The van der Waals surface area contributed by atoms with Crippen LogP contribution in [0.1, 0.15) is 16.9 Å². The van der Waals surface area contributed by atoms with Crippen LogP contribution in [0.2, 0.25) is 0 Å². The van der Waals surface area contributed by atoms with Crippen molar-refractivity contribution >= 4 is 74.4 Å². The molecule has 3 aromatic carbocycles. The number of carbonyl (C=O) groups excluding carboxylic acids is 1. The number of rotatable bonds is 8. The Kier molecular flexibility index (Phi) is 8.11. The third kappa shape index (κ3) is 6.16. The zero-order chi connectivity index (χ0) is 32.5. The first-order valence-corrected chi connectivity index (χ1v) is 16.5. The number of para-hydroxylation sites is 2. The van der Waals surface area contributed by atoms with Gasteiger partial charge in [-0.25, -0.2) is 9.59 Å². The first-order chi connectivity index (χ1) is 22.8. The Morgan fingerprint density at radius 2 is 1.57 bits per heavy atom. The van der Waals surface area contributed by atoms with E-state index in [0.29, 0.717) is 21.7 Å². The molecule has 0 aliphatic carbocycles. The number of carbonyl (C=O) groups is 2. The predicted octanol–water partition coefficient (Wildman–Crippen LogP) is 8.46. The van der Waals surface area contributed by atoms with E-state index in [4.69, 9.17) is 9.83 Å². The molecule has 0 atom stereocenters. The second-order valence-electron chi connectivity index (χ2n) is 11.0. The standard InChI is InChI=1S/C37H27N3O5S2/c38-34(36(42)43)28(35(41)39-24-9-3-1-4-10-24)20-26-13-14-32(46-26)33-16-15-31(47-33)27-19-23-18-22-8-7-17-40(25-11-5-2-6-12-25)29(22)21-30(23)45-37(27)44/h1-6,9-16,18-21,38H,7-8,17H2,(H,39,41)(H,42,43)/b28-20-,38-34?. The van der Waals surface area contributed by atoms with Crippen molar-refractivity contribution in [1.29, 1.82) is 5.41 Å². The summed E-state index contributed by atoms with van der Waals surface area (Å²) in [6.45, 7) is 0.896. The van der Waals surface area contributed by atoms with Crippen LogP contribution >= 0.6 is 22.7 Å². The number of nitrogens with zero attached hydrogens (tertiary/aromatic N) is 1. The summed E-state index contributed by atoms with van der Waals surface area (Å²) >= 11 is 2.80. The molecule has 8 nitrogen and oxygen atoms in total. The minimum Gasteiger partial charge on any atom is -0.477 e. The third-order valence-electron chi connectivity index (χ3n) is 7.91. The number of amides is 1. The van der Waals surface area contributed by atoms with Crippen LogP contribution in [0.15, 0.2) is 118 Å². The number of carboxylic acid groups (broad SMARTS) is 1. The third-order valence-corrected chi connectivity index (χ3v) is 10.3. The van der Waals surface area contributed by atoms with Crippen LogP contribution in [0.5, 0.6) is 0 Å². The molecule has 3 aromatic heterocycles. The molecule has 0 saturated heterocycles. The molecule has 1 aliphatic rings. The molecule has 7 rings (SSSR count). The zero-order valence-corrected chi connectivity index (χ0v) is 26.5. The maximum Gasteiger partial charge on any atom is 0.354 e. The Balaban J connectivity index is 1.17. The maximum absolute atomic E-state index is 13.3. The number of aryl methyl sites for hydroxylation is 1. The van der Waals surface area contributed by atoms with E-state index in [-0.39, 0.29) is 5.57 Å². The molecule has 10 heteroatoms. The second-order valence-corrected chi connectivity index (χ2v) is 13.2. The quantitative estimate of drug-likeness (QED) is 0.0857. The monoisotopic (exact) mass is 657 g/mol. The van der Waals surface area contributed by atoms with Gasteiger partial charge in [0.1, 0.15) is 5.58 Å². The Morgan fingerprint density at radius 3 is 2.34 bits per heavy atom. The molecule has 3 N–H and O–H groups in total. The van der Waals surface area contributed by atoms with Crippen LogP contribution in [-0.4, -0.2) is 29.2 Å². The average Bonchev–Trinajstić information content (AvgIpc) is 3.76. The van der Waals surface area contributed by atoms with Gasteiger partial charge in [-0.2, -0.15) is 0 Å². The van der Waals surface area contributed by atoms with Crippen molar-refractivity contribution < 1.29 is 19.1 Å². The molecule has 0 spiro atoms. The molecule has 0 saturated carbocycles. The highest BCUT2D eigenvalue weighted by molar-refractivity contribution is 7.24. The van der Waals surface area contributed by atoms with Crippen LogP contribution in [0, 0.1) is 5.41 Å². The van der Waals surface area contributed by atoms with Crippen molar-refractivity contribution in [1.82, 2.24) is 0 Å². The Bertz CT molecular complexity index is 2250. The summed E-state index contributed by atoms with van der Waals surface area (Å²) in [6, 6.07) is 32.3. The van der Waals surface area contributed by atoms with Gasteiger partial charge in [-0.15, -0.1) is 22.7 Å². The van der Waals surface area contributed by atoms with E-state index in [0.717, 1.165) is 50.8 Å². The molecule has 47 heavy (non-hydrogen) atoms. The molecule has 0 bridgehead atoms. The van der Waals surface area contributed by atoms with E-state index in [2.05, 4.69) is 28.4 Å². The van der Waals surface area contributed by atoms with Crippen LogP contribution in [0.3, 0.4) is 0 Å². The van der Waals surface area contributed by atoms with Gasteiger partial charge in [0.15, 0.2) is 5.71 Å². The molecule has 6 aromatic rings. The average molecular weight is 658 g/mol. The number of aliphatic carboxylic acids is 1. The van der Waals surface area contributed by atoms with Crippen LogP contribution < -0.4 is 15.8 Å². The number of hydrogen-bond acceptors (Lipinski definition) is 8. The van der Waals surface area contributed by atoms with Crippen molar-refractivity contribution in [2.24, 2.45) is 0 Å². The molecule has 4 heterocycles. The summed E-state index contributed by atoms with van der Waals surface area (Å²) in [5, 5.41) is 21.0. The number of nitrogens with one attached hydrogen (secondary N) is 2. The van der Waals surface area contributed by atoms with Gasteiger partial charge >= 0.3 is 11.6 Å². The van der Waals surface area contributed by atoms with E-state index in [9.17, 15) is 19.5 Å². The highest BCUT2D eigenvalue weighted by atomic mass is 32.1. The SMILES string of the molecule is N=C(C(=O)O)/C(=C/c1ccc(-c2ccc(-c3cc4cc5c(cc4oc3=O)N(c3ccccc3)CCC5)s2)s1)C(=O)Nc1ccccc1. The molecule has 0 radical (unpaired) electrons. The minimum atomic E-state index is -1.50. The highest BCUT2D eigenvalue weighted by Gasteiger charge is 2.23. The first kappa shape index (κ1) is 30.1. The fourth-order valence-corrected chi connectivity index (χ4v) is 7.71.